The van der Waals surface area contributed by atoms with Crippen molar-refractivity contribution in [3.05, 3.63) is 91.0 Å². The van der Waals surface area contributed by atoms with E-state index >= 15 is 0 Å². The quantitative estimate of drug-likeness (QED) is 0.217. The summed E-state index contributed by atoms with van der Waals surface area (Å²) in [6, 6.07) is 32.4. The summed E-state index contributed by atoms with van der Waals surface area (Å²) in [5, 5.41) is 2.26. The third kappa shape index (κ3) is 4.56. The minimum atomic E-state index is -0.441. The van der Waals surface area contributed by atoms with Gasteiger partial charge >= 0.3 is 14.2 Å². The minimum absolute atomic E-state index is 0.412. The zero-order valence-corrected chi connectivity index (χ0v) is 26.4. The highest BCUT2D eigenvalue weighted by molar-refractivity contribution is 6.63. The van der Waals surface area contributed by atoms with Crippen LogP contribution in [0.2, 0.25) is 0 Å². The first-order chi connectivity index (χ1) is 20.3. The molecule has 2 aliphatic heterocycles. The maximum absolute atomic E-state index is 6.44. The lowest BCUT2D eigenvalue weighted by molar-refractivity contribution is 0.00578. The molecule has 0 atom stereocenters. The first-order valence-corrected chi connectivity index (χ1v) is 15.2. The lowest BCUT2D eigenvalue weighted by Gasteiger charge is -2.32. The zero-order valence-electron chi connectivity index (χ0n) is 26.4. The summed E-state index contributed by atoms with van der Waals surface area (Å²) in [5.41, 5.74) is 6.10. The predicted molar refractivity (Wildman–Crippen MR) is 178 cm³/mol. The molecule has 0 saturated carbocycles. The molecule has 1 aromatic heterocycles. The Balaban J connectivity index is 1.38. The molecule has 0 amide bonds. The van der Waals surface area contributed by atoms with Crippen LogP contribution in [0.15, 0.2) is 91.0 Å². The van der Waals surface area contributed by atoms with Crippen molar-refractivity contribution >= 4 is 47.0 Å². The number of hydrogen-bond acceptors (Lipinski definition) is 4. The zero-order chi connectivity index (χ0) is 30.4. The van der Waals surface area contributed by atoms with Crippen molar-refractivity contribution in [3.8, 4) is 16.8 Å². The van der Waals surface area contributed by atoms with Gasteiger partial charge < -0.3 is 23.2 Å². The van der Waals surface area contributed by atoms with Crippen molar-refractivity contribution in [2.75, 3.05) is 0 Å². The number of hydrogen-bond donors (Lipinski definition) is 0. The molecule has 0 unspecified atom stereocenters. The van der Waals surface area contributed by atoms with Crippen LogP contribution in [0.1, 0.15) is 55.4 Å². The average Bonchev–Trinajstić information content (AvgIpc) is 3.49. The molecule has 7 rings (SSSR count). The number of benzene rings is 4. The van der Waals surface area contributed by atoms with Gasteiger partial charge in [0.05, 0.1) is 33.4 Å². The number of rotatable bonds is 4. The number of nitrogens with zero attached hydrogens (tertiary/aromatic N) is 1. The molecule has 4 aromatic carbocycles. The Morgan fingerprint density at radius 2 is 0.860 bits per heavy atom. The monoisotopic (exact) mass is 571 g/mol. The number of aromatic nitrogens is 1. The molecule has 218 valence electrons. The van der Waals surface area contributed by atoms with Crippen molar-refractivity contribution in [1.82, 2.24) is 4.57 Å². The van der Waals surface area contributed by atoms with Gasteiger partial charge in [0.2, 0.25) is 0 Å². The second-order valence-corrected chi connectivity index (χ2v) is 14.0. The summed E-state index contributed by atoms with van der Waals surface area (Å²) in [6.45, 7) is 16.7. The van der Waals surface area contributed by atoms with Gasteiger partial charge in [-0.05, 0) is 102 Å². The van der Waals surface area contributed by atoms with Crippen LogP contribution in [-0.2, 0) is 18.6 Å². The van der Waals surface area contributed by atoms with E-state index in [-0.39, 0.29) is 0 Å². The topological polar surface area (TPSA) is 41.9 Å². The van der Waals surface area contributed by atoms with Gasteiger partial charge in [-0.1, -0.05) is 66.7 Å². The summed E-state index contributed by atoms with van der Waals surface area (Å²) in [6.07, 6.45) is 0. The highest BCUT2D eigenvalue weighted by Gasteiger charge is 2.53. The van der Waals surface area contributed by atoms with Gasteiger partial charge in [0.15, 0.2) is 0 Å². The van der Waals surface area contributed by atoms with E-state index in [4.69, 9.17) is 18.6 Å². The van der Waals surface area contributed by atoms with Crippen LogP contribution < -0.4 is 10.9 Å². The average molecular weight is 571 g/mol. The van der Waals surface area contributed by atoms with E-state index < -0.39 is 36.6 Å². The van der Waals surface area contributed by atoms with E-state index in [1.807, 2.05) is 6.07 Å². The maximum Gasteiger partial charge on any atom is 0.494 e. The van der Waals surface area contributed by atoms with Crippen LogP contribution in [0, 0.1) is 0 Å². The van der Waals surface area contributed by atoms with E-state index in [1.165, 1.54) is 11.1 Å². The van der Waals surface area contributed by atoms with Gasteiger partial charge in [-0.25, -0.2) is 0 Å². The van der Waals surface area contributed by atoms with Crippen LogP contribution in [0.3, 0.4) is 0 Å². The molecule has 7 heteroatoms. The number of fused-ring (bicyclic) bond motifs is 3. The van der Waals surface area contributed by atoms with Crippen molar-refractivity contribution in [1.29, 1.82) is 0 Å². The molecule has 0 spiro atoms. The Labute approximate surface area is 255 Å². The second-order valence-electron chi connectivity index (χ2n) is 14.0. The molecule has 5 aromatic rings. The lowest BCUT2D eigenvalue weighted by Crippen LogP contribution is -2.41. The first kappa shape index (κ1) is 28.4. The van der Waals surface area contributed by atoms with E-state index in [2.05, 4.69) is 145 Å². The van der Waals surface area contributed by atoms with Gasteiger partial charge in [0.1, 0.15) is 0 Å². The summed E-state index contributed by atoms with van der Waals surface area (Å²) in [7, 11) is -0.881. The van der Waals surface area contributed by atoms with E-state index in [0.717, 1.165) is 38.4 Å². The SMILES string of the molecule is CC1(C)OB(c2ccc3c(c2)c2cc(B4OC(C)(C)C(C)(C)O4)ccc2n3-c2ccc(-c3ccccc3)cc2)OC1(C)C. The molecule has 5 nitrogen and oxygen atoms in total. The molecular weight excluding hydrogens is 532 g/mol. The Morgan fingerprint density at radius 3 is 1.28 bits per heavy atom. The molecule has 2 saturated heterocycles. The Hall–Kier alpha value is -3.35. The van der Waals surface area contributed by atoms with Crippen molar-refractivity contribution in [2.24, 2.45) is 0 Å². The molecule has 0 aliphatic carbocycles. The maximum atomic E-state index is 6.44. The Morgan fingerprint density at radius 1 is 0.465 bits per heavy atom. The van der Waals surface area contributed by atoms with Crippen LogP contribution in [0.25, 0.3) is 38.6 Å². The fraction of sp³-hybridized carbons (Fsp3) is 0.333. The largest absolute Gasteiger partial charge is 0.494 e. The van der Waals surface area contributed by atoms with E-state index in [1.54, 1.807) is 0 Å². The van der Waals surface area contributed by atoms with Crippen LogP contribution in [0.5, 0.6) is 0 Å². The van der Waals surface area contributed by atoms with Gasteiger partial charge in [0, 0.05) is 16.5 Å². The van der Waals surface area contributed by atoms with E-state index in [9.17, 15) is 0 Å². The molecule has 0 N–H and O–H groups in total. The summed E-state index contributed by atoms with van der Waals surface area (Å²) >= 11 is 0. The summed E-state index contributed by atoms with van der Waals surface area (Å²) in [5.74, 6) is 0. The predicted octanol–water partition coefficient (Wildman–Crippen LogP) is 7.05. The van der Waals surface area contributed by atoms with Gasteiger partial charge in [0.25, 0.3) is 0 Å². The summed E-state index contributed by atoms with van der Waals surface area (Å²) in [4.78, 5) is 0. The molecular formula is C36H39B2NO4. The molecule has 2 fully saturated rings. The Kier molecular flexibility index (Phi) is 6.33. The summed E-state index contributed by atoms with van der Waals surface area (Å²) < 4.78 is 28.1. The van der Waals surface area contributed by atoms with Crippen LogP contribution in [-0.4, -0.2) is 41.2 Å². The second kappa shape index (κ2) is 9.57. The standard InChI is InChI=1S/C36H39B2NO4/c1-33(2)34(3,4)41-37(40-33)26-16-20-31-29(22-26)30-23-27(38-42-35(5,6)36(7,8)43-38)17-21-32(30)39(31)28-18-14-25(15-19-28)24-12-10-9-11-13-24/h9-23H,1-8H3. The van der Waals surface area contributed by atoms with Gasteiger partial charge in [-0.2, -0.15) is 0 Å². The van der Waals surface area contributed by atoms with E-state index in [0.29, 0.717) is 0 Å². The van der Waals surface area contributed by atoms with Crippen LogP contribution in [0.4, 0.5) is 0 Å². The fourth-order valence-electron chi connectivity index (χ4n) is 6.02. The smallest absolute Gasteiger partial charge is 0.399 e. The first-order valence-electron chi connectivity index (χ1n) is 15.2. The molecule has 0 radical (unpaired) electrons. The third-order valence-electron chi connectivity index (χ3n) is 10.1. The minimum Gasteiger partial charge on any atom is -0.399 e. The molecule has 0 bridgehead atoms. The third-order valence-corrected chi connectivity index (χ3v) is 10.1. The van der Waals surface area contributed by atoms with Gasteiger partial charge in [-0.15, -0.1) is 0 Å². The molecule has 3 heterocycles. The Bertz CT molecular complexity index is 1720. The normalized spacial score (nSPS) is 20.4. The van der Waals surface area contributed by atoms with Crippen molar-refractivity contribution in [2.45, 2.75) is 77.8 Å². The molecule has 43 heavy (non-hydrogen) atoms. The van der Waals surface area contributed by atoms with Crippen molar-refractivity contribution in [3.63, 3.8) is 0 Å². The van der Waals surface area contributed by atoms with Crippen molar-refractivity contribution < 1.29 is 18.6 Å². The van der Waals surface area contributed by atoms with Crippen LogP contribution >= 0.6 is 0 Å². The molecule has 2 aliphatic rings. The highest BCUT2D eigenvalue weighted by atomic mass is 16.7. The van der Waals surface area contributed by atoms with Gasteiger partial charge in [-0.3, -0.25) is 0 Å². The highest BCUT2D eigenvalue weighted by Crippen LogP contribution is 2.39. The fourth-order valence-corrected chi connectivity index (χ4v) is 6.02. The lowest BCUT2D eigenvalue weighted by atomic mass is 9.77.